The number of H-pyrrole nitrogens is 1. The molecule has 2 N–H and O–H groups in total. The van der Waals surface area contributed by atoms with Gasteiger partial charge in [-0.2, -0.15) is 0 Å². The first kappa shape index (κ1) is 13.6. The number of aromatic nitrogens is 1. The molecule has 1 aliphatic heterocycles. The van der Waals surface area contributed by atoms with Crippen molar-refractivity contribution < 1.29 is 0 Å². The maximum atomic E-state index is 3.41. The Morgan fingerprint density at radius 3 is 2.83 bits per heavy atom. The lowest BCUT2D eigenvalue weighted by Crippen LogP contribution is -2.50. The van der Waals surface area contributed by atoms with Crippen LogP contribution in [0.1, 0.15) is 12.5 Å². The molecule has 0 aromatic carbocycles. The summed E-state index contributed by atoms with van der Waals surface area (Å²) >= 11 is 0. The first-order chi connectivity index (χ1) is 8.75. The molecule has 18 heavy (non-hydrogen) atoms. The highest BCUT2D eigenvalue weighted by Gasteiger charge is 2.17. The van der Waals surface area contributed by atoms with Crippen LogP contribution in [0.15, 0.2) is 18.5 Å². The molecule has 0 amide bonds. The molecule has 0 saturated carbocycles. The Morgan fingerprint density at radius 2 is 2.17 bits per heavy atom. The van der Waals surface area contributed by atoms with Crippen LogP contribution in [0.5, 0.6) is 0 Å². The number of hydrogen-bond donors (Lipinski definition) is 2. The summed E-state index contributed by atoms with van der Waals surface area (Å²) in [6, 6.07) is 2.82. The maximum Gasteiger partial charge on any atom is 0.0195 e. The predicted molar refractivity (Wildman–Crippen MR) is 75.9 cm³/mol. The second kappa shape index (κ2) is 6.92. The molecule has 0 bridgehead atoms. The summed E-state index contributed by atoms with van der Waals surface area (Å²) in [6.45, 7) is 9.28. The normalized spacial score (nSPS) is 19.3. The smallest absolute Gasteiger partial charge is 0.0195 e. The van der Waals surface area contributed by atoms with Crippen LogP contribution in [0.25, 0.3) is 0 Å². The molecule has 1 aromatic heterocycles. The van der Waals surface area contributed by atoms with Gasteiger partial charge in [-0.1, -0.05) is 0 Å². The third kappa shape index (κ3) is 4.12. The van der Waals surface area contributed by atoms with Crippen molar-refractivity contribution in [1.82, 2.24) is 20.1 Å². The van der Waals surface area contributed by atoms with Gasteiger partial charge in [0.15, 0.2) is 0 Å². The SMILES string of the molecule is CC(CN(C)CCc1cc[nH]c1)N1CCNCC1. The van der Waals surface area contributed by atoms with Gasteiger partial charge in [-0.05, 0) is 32.0 Å². The Bertz CT molecular complexity index is 317. The van der Waals surface area contributed by atoms with Gasteiger partial charge in [0.25, 0.3) is 0 Å². The Morgan fingerprint density at radius 1 is 1.39 bits per heavy atom. The Labute approximate surface area is 110 Å². The van der Waals surface area contributed by atoms with E-state index in [2.05, 4.69) is 46.3 Å². The van der Waals surface area contributed by atoms with E-state index in [0.717, 1.165) is 32.6 Å². The lowest BCUT2D eigenvalue weighted by molar-refractivity contribution is 0.147. The third-order valence-electron chi connectivity index (χ3n) is 3.80. The molecule has 1 saturated heterocycles. The number of nitrogens with one attached hydrogen (secondary N) is 2. The summed E-state index contributed by atoms with van der Waals surface area (Å²) in [6.07, 6.45) is 5.22. The number of nitrogens with zero attached hydrogens (tertiary/aromatic N) is 2. The molecule has 102 valence electrons. The van der Waals surface area contributed by atoms with Crippen LogP contribution in [-0.4, -0.2) is 67.1 Å². The van der Waals surface area contributed by atoms with Crippen molar-refractivity contribution in [2.24, 2.45) is 0 Å². The fourth-order valence-electron chi connectivity index (χ4n) is 2.61. The van der Waals surface area contributed by atoms with Gasteiger partial charge in [0.1, 0.15) is 0 Å². The molecule has 2 heterocycles. The van der Waals surface area contributed by atoms with Crippen LogP contribution >= 0.6 is 0 Å². The fraction of sp³-hybridized carbons (Fsp3) is 0.714. The first-order valence-electron chi connectivity index (χ1n) is 7.00. The van der Waals surface area contributed by atoms with E-state index in [1.165, 1.54) is 18.7 Å². The minimum atomic E-state index is 0.656. The van der Waals surface area contributed by atoms with Crippen molar-refractivity contribution >= 4 is 0 Å². The van der Waals surface area contributed by atoms with Gasteiger partial charge < -0.3 is 15.2 Å². The van der Waals surface area contributed by atoms with Crippen molar-refractivity contribution in [3.8, 4) is 0 Å². The zero-order chi connectivity index (χ0) is 12.8. The van der Waals surface area contributed by atoms with E-state index in [9.17, 15) is 0 Å². The third-order valence-corrected chi connectivity index (χ3v) is 3.80. The molecular formula is C14H26N4. The van der Waals surface area contributed by atoms with E-state index in [4.69, 9.17) is 0 Å². The molecule has 4 nitrogen and oxygen atoms in total. The maximum absolute atomic E-state index is 3.41. The number of hydrogen-bond acceptors (Lipinski definition) is 3. The average molecular weight is 250 g/mol. The highest BCUT2D eigenvalue weighted by atomic mass is 15.2. The molecule has 1 aromatic rings. The second-order valence-corrected chi connectivity index (χ2v) is 5.37. The first-order valence-corrected chi connectivity index (χ1v) is 7.00. The Kier molecular flexibility index (Phi) is 5.23. The number of aromatic amines is 1. The van der Waals surface area contributed by atoms with E-state index < -0.39 is 0 Å². The molecule has 0 aliphatic carbocycles. The van der Waals surface area contributed by atoms with Crippen molar-refractivity contribution in [1.29, 1.82) is 0 Å². The standard InChI is InChI=1S/C14H26N4/c1-13(18-9-6-15-7-10-18)12-17(2)8-4-14-3-5-16-11-14/h3,5,11,13,15-16H,4,6-10,12H2,1-2H3. The van der Waals surface area contributed by atoms with Crippen molar-refractivity contribution in [3.63, 3.8) is 0 Å². The van der Waals surface area contributed by atoms with Crippen molar-refractivity contribution in [2.45, 2.75) is 19.4 Å². The van der Waals surface area contributed by atoms with Crippen molar-refractivity contribution in [3.05, 3.63) is 24.0 Å². The second-order valence-electron chi connectivity index (χ2n) is 5.37. The van der Waals surface area contributed by atoms with Gasteiger partial charge in [0.05, 0.1) is 0 Å². The molecule has 0 spiro atoms. The topological polar surface area (TPSA) is 34.3 Å². The van der Waals surface area contributed by atoms with E-state index in [-0.39, 0.29) is 0 Å². The number of piperazine rings is 1. The van der Waals surface area contributed by atoms with Gasteiger partial charge in [0.2, 0.25) is 0 Å². The molecule has 1 fully saturated rings. The molecule has 4 heteroatoms. The van der Waals surface area contributed by atoms with E-state index in [1.807, 2.05) is 6.20 Å². The highest BCUT2D eigenvalue weighted by Crippen LogP contribution is 2.04. The fourth-order valence-corrected chi connectivity index (χ4v) is 2.61. The molecular weight excluding hydrogens is 224 g/mol. The van der Waals surface area contributed by atoms with Crippen molar-refractivity contribution in [2.75, 3.05) is 46.3 Å². The highest BCUT2D eigenvalue weighted by molar-refractivity contribution is 5.08. The van der Waals surface area contributed by atoms with E-state index in [1.54, 1.807) is 0 Å². The quantitative estimate of drug-likeness (QED) is 0.783. The van der Waals surface area contributed by atoms with E-state index in [0.29, 0.717) is 6.04 Å². The van der Waals surface area contributed by atoms with Crippen LogP contribution in [-0.2, 0) is 6.42 Å². The largest absolute Gasteiger partial charge is 0.367 e. The van der Waals surface area contributed by atoms with Crippen LogP contribution in [0, 0.1) is 0 Å². The summed E-state index contributed by atoms with van der Waals surface area (Å²) in [4.78, 5) is 8.14. The summed E-state index contributed by atoms with van der Waals surface area (Å²) in [5.74, 6) is 0. The lowest BCUT2D eigenvalue weighted by Gasteiger charge is -2.34. The van der Waals surface area contributed by atoms with Crippen LogP contribution in [0.4, 0.5) is 0 Å². The Hall–Kier alpha value is -0.840. The lowest BCUT2D eigenvalue weighted by atomic mass is 10.2. The zero-order valence-electron chi connectivity index (χ0n) is 11.7. The van der Waals surface area contributed by atoms with Gasteiger partial charge in [0, 0.05) is 57.7 Å². The molecule has 1 unspecified atom stereocenters. The van der Waals surface area contributed by atoms with E-state index >= 15 is 0 Å². The van der Waals surface area contributed by atoms with Crippen LogP contribution < -0.4 is 5.32 Å². The average Bonchev–Trinajstić information content (AvgIpc) is 2.90. The minimum Gasteiger partial charge on any atom is -0.367 e. The zero-order valence-corrected chi connectivity index (χ0v) is 11.7. The number of rotatable bonds is 6. The predicted octanol–water partition coefficient (Wildman–Crippen LogP) is 0.783. The molecule has 1 atom stereocenters. The molecule has 1 aliphatic rings. The van der Waals surface area contributed by atoms with Gasteiger partial charge in [-0.3, -0.25) is 4.90 Å². The van der Waals surface area contributed by atoms with Crippen LogP contribution in [0.2, 0.25) is 0 Å². The molecule has 0 radical (unpaired) electrons. The van der Waals surface area contributed by atoms with Gasteiger partial charge in [-0.25, -0.2) is 0 Å². The summed E-state index contributed by atoms with van der Waals surface area (Å²) in [7, 11) is 2.23. The van der Waals surface area contributed by atoms with Crippen LogP contribution in [0.3, 0.4) is 0 Å². The summed E-state index contributed by atoms with van der Waals surface area (Å²) < 4.78 is 0. The molecule has 2 rings (SSSR count). The summed E-state index contributed by atoms with van der Waals surface area (Å²) in [5, 5.41) is 3.41. The summed E-state index contributed by atoms with van der Waals surface area (Å²) in [5.41, 5.74) is 1.40. The number of likely N-dealkylation sites (N-methyl/N-ethyl adjacent to an activating group) is 1. The Balaban J connectivity index is 1.67. The minimum absolute atomic E-state index is 0.656. The van der Waals surface area contributed by atoms with Gasteiger partial charge in [-0.15, -0.1) is 0 Å². The van der Waals surface area contributed by atoms with Gasteiger partial charge >= 0.3 is 0 Å². The monoisotopic (exact) mass is 250 g/mol.